The van der Waals surface area contributed by atoms with Crippen LogP contribution >= 0.6 is 23.2 Å². The SMILES string of the molecule is O=C(Cl)c1cccc(C(=O)Cl)c1C#Cc1ccccc1. The molecule has 20 heavy (non-hydrogen) atoms. The molecule has 2 rings (SSSR count). The van der Waals surface area contributed by atoms with Crippen molar-refractivity contribution in [3.05, 3.63) is 70.8 Å². The Bertz CT molecular complexity index is 693. The fourth-order valence-electron chi connectivity index (χ4n) is 1.67. The van der Waals surface area contributed by atoms with Crippen molar-refractivity contribution < 1.29 is 9.59 Å². The van der Waals surface area contributed by atoms with Crippen molar-refractivity contribution in [2.45, 2.75) is 0 Å². The first kappa shape index (κ1) is 14.3. The number of benzene rings is 2. The largest absolute Gasteiger partial charge is 0.276 e. The molecular weight excluding hydrogens is 295 g/mol. The standard InChI is InChI=1S/C16H8Cl2O2/c17-15(19)13-7-4-8-14(16(18)20)12(13)10-9-11-5-2-1-3-6-11/h1-8H. The lowest BCUT2D eigenvalue weighted by Gasteiger charge is -2.03. The molecule has 0 N–H and O–H groups in total. The molecule has 0 aliphatic carbocycles. The van der Waals surface area contributed by atoms with E-state index in [0.29, 0.717) is 0 Å². The van der Waals surface area contributed by atoms with Crippen molar-refractivity contribution >= 4 is 33.7 Å². The lowest BCUT2D eigenvalue weighted by Crippen LogP contribution is -2.01. The number of carbonyl (C=O) groups is 2. The van der Waals surface area contributed by atoms with Gasteiger partial charge in [-0.25, -0.2) is 0 Å². The van der Waals surface area contributed by atoms with Gasteiger partial charge in [0.25, 0.3) is 10.5 Å². The number of rotatable bonds is 2. The third-order valence-corrected chi connectivity index (χ3v) is 3.00. The fourth-order valence-corrected chi connectivity index (χ4v) is 1.99. The monoisotopic (exact) mass is 302 g/mol. The molecule has 0 aromatic heterocycles. The van der Waals surface area contributed by atoms with Crippen LogP contribution in [0.1, 0.15) is 31.8 Å². The lowest BCUT2D eigenvalue weighted by molar-refractivity contribution is 0.108. The Balaban J connectivity index is 2.58. The van der Waals surface area contributed by atoms with Crippen LogP contribution in [0.5, 0.6) is 0 Å². The molecule has 0 aliphatic rings. The molecule has 0 bridgehead atoms. The molecule has 0 radical (unpaired) electrons. The summed E-state index contributed by atoms with van der Waals surface area (Å²) < 4.78 is 0. The Hall–Kier alpha value is -2.08. The topological polar surface area (TPSA) is 34.1 Å². The molecule has 0 atom stereocenters. The maximum absolute atomic E-state index is 11.4. The minimum absolute atomic E-state index is 0.168. The zero-order valence-electron chi connectivity index (χ0n) is 10.2. The van der Waals surface area contributed by atoms with E-state index in [1.165, 1.54) is 12.1 Å². The molecule has 0 heterocycles. The van der Waals surface area contributed by atoms with E-state index in [1.54, 1.807) is 6.07 Å². The molecule has 0 saturated carbocycles. The van der Waals surface area contributed by atoms with Crippen LogP contribution in [0.2, 0.25) is 0 Å². The molecule has 0 amide bonds. The van der Waals surface area contributed by atoms with Crippen molar-refractivity contribution in [3.8, 4) is 11.8 Å². The van der Waals surface area contributed by atoms with E-state index in [0.717, 1.165) is 5.56 Å². The van der Waals surface area contributed by atoms with Crippen LogP contribution in [0.25, 0.3) is 0 Å². The quantitative estimate of drug-likeness (QED) is 0.624. The van der Waals surface area contributed by atoms with Crippen molar-refractivity contribution in [1.82, 2.24) is 0 Å². The van der Waals surface area contributed by atoms with Crippen LogP contribution in [-0.4, -0.2) is 10.5 Å². The van der Waals surface area contributed by atoms with E-state index in [1.807, 2.05) is 30.3 Å². The number of hydrogen-bond acceptors (Lipinski definition) is 2. The molecule has 2 aromatic rings. The highest BCUT2D eigenvalue weighted by Gasteiger charge is 2.15. The molecular formula is C16H8Cl2O2. The van der Waals surface area contributed by atoms with Crippen molar-refractivity contribution in [3.63, 3.8) is 0 Å². The maximum Gasteiger partial charge on any atom is 0.253 e. The van der Waals surface area contributed by atoms with E-state index in [2.05, 4.69) is 11.8 Å². The summed E-state index contributed by atoms with van der Waals surface area (Å²) in [6, 6.07) is 13.8. The van der Waals surface area contributed by atoms with E-state index >= 15 is 0 Å². The predicted octanol–water partition coefficient (Wildman–Crippen LogP) is 3.84. The molecule has 2 nitrogen and oxygen atoms in total. The van der Waals surface area contributed by atoms with Crippen LogP contribution in [-0.2, 0) is 0 Å². The summed E-state index contributed by atoms with van der Waals surface area (Å²) in [7, 11) is 0. The van der Waals surface area contributed by atoms with Crippen LogP contribution in [0.15, 0.2) is 48.5 Å². The smallest absolute Gasteiger partial charge is 0.253 e. The molecule has 0 unspecified atom stereocenters. The zero-order valence-corrected chi connectivity index (χ0v) is 11.7. The first-order chi connectivity index (χ1) is 9.59. The van der Waals surface area contributed by atoms with Gasteiger partial charge >= 0.3 is 0 Å². The fraction of sp³-hybridized carbons (Fsp3) is 0. The van der Waals surface area contributed by atoms with Gasteiger partial charge in [-0.1, -0.05) is 36.1 Å². The Morgan fingerprint density at radius 1 is 0.750 bits per heavy atom. The second-order valence-corrected chi connectivity index (χ2v) is 4.58. The third-order valence-electron chi connectivity index (χ3n) is 2.59. The molecule has 4 heteroatoms. The van der Waals surface area contributed by atoms with Gasteiger partial charge in [0.05, 0.1) is 11.1 Å². The van der Waals surface area contributed by atoms with Crippen molar-refractivity contribution in [2.75, 3.05) is 0 Å². The summed E-state index contributed by atoms with van der Waals surface area (Å²) in [6.07, 6.45) is 0. The Morgan fingerprint density at radius 3 is 1.80 bits per heavy atom. The summed E-state index contributed by atoms with van der Waals surface area (Å²) in [4.78, 5) is 22.8. The molecule has 0 fully saturated rings. The second-order valence-electron chi connectivity index (χ2n) is 3.89. The summed E-state index contributed by atoms with van der Waals surface area (Å²) in [5.74, 6) is 5.68. The van der Waals surface area contributed by atoms with E-state index in [-0.39, 0.29) is 16.7 Å². The van der Waals surface area contributed by atoms with Crippen LogP contribution < -0.4 is 0 Å². The average Bonchev–Trinajstić information content (AvgIpc) is 2.45. The van der Waals surface area contributed by atoms with Gasteiger partial charge in [-0.15, -0.1) is 0 Å². The summed E-state index contributed by atoms with van der Waals surface area (Å²) >= 11 is 11.0. The lowest BCUT2D eigenvalue weighted by atomic mass is 10.0. The maximum atomic E-state index is 11.4. The normalized spacial score (nSPS) is 9.50. The average molecular weight is 303 g/mol. The molecule has 2 aromatic carbocycles. The van der Waals surface area contributed by atoms with Crippen molar-refractivity contribution in [1.29, 1.82) is 0 Å². The molecule has 0 spiro atoms. The van der Waals surface area contributed by atoms with E-state index in [9.17, 15) is 9.59 Å². The minimum Gasteiger partial charge on any atom is -0.276 e. The highest BCUT2D eigenvalue weighted by Crippen LogP contribution is 2.18. The summed E-state index contributed by atoms with van der Waals surface area (Å²) in [6.45, 7) is 0. The van der Waals surface area contributed by atoms with Gasteiger partial charge in [-0.2, -0.15) is 0 Å². The van der Waals surface area contributed by atoms with E-state index < -0.39 is 10.5 Å². The van der Waals surface area contributed by atoms with Crippen LogP contribution in [0.3, 0.4) is 0 Å². The highest BCUT2D eigenvalue weighted by atomic mass is 35.5. The summed E-state index contributed by atoms with van der Waals surface area (Å²) in [5, 5.41) is -1.36. The number of carbonyl (C=O) groups excluding carboxylic acids is 2. The summed E-state index contributed by atoms with van der Waals surface area (Å²) in [5.41, 5.74) is 1.34. The first-order valence-corrected chi connectivity index (χ1v) is 6.45. The van der Waals surface area contributed by atoms with Crippen molar-refractivity contribution in [2.24, 2.45) is 0 Å². The molecule has 0 saturated heterocycles. The van der Waals surface area contributed by atoms with Gasteiger partial charge in [-0.3, -0.25) is 9.59 Å². The Labute approximate surface area is 126 Å². The van der Waals surface area contributed by atoms with E-state index in [4.69, 9.17) is 23.2 Å². The van der Waals surface area contributed by atoms with Gasteiger partial charge < -0.3 is 0 Å². The number of hydrogen-bond donors (Lipinski definition) is 0. The number of halogens is 2. The zero-order chi connectivity index (χ0) is 14.5. The van der Waals surface area contributed by atoms with Gasteiger partial charge in [0.15, 0.2) is 0 Å². The first-order valence-electron chi connectivity index (χ1n) is 5.69. The highest BCUT2D eigenvalue weighted by molar-refractivity contribution is 6.69. The Morgan fingerprint density at radius 2 is 1.30 bits per heavy atom. The minimum atomic E-state index is -0.679. The van der Waals surface area contributed by atoms with Gasteiger partial charge in [0.2, 0.25) is 0 Å². The van der Waals surface area contributed by atoms with Crippen LogP contribution in [0, 0.1) is 11.8 Å². The van der Waals surface area contributed by atoms with Crippen LogP contribution in [0.4, 0.5) is 0 Å². The molecule has 98 valence electrons. The Kier molecular flexibility index (Phi) is 4.57. The van der Waals surface area contributed by atoms with Gasteiger partial charge in [0.1, 0.15) is 0 Å². The second kappa shape index (κ2) is 6.38. The van der Waals surface area contributed by atoms with Gasteiger partial charge in [0, 0.05) is 11.1 Å². The molecule has 0 aliphatic heterocycles. The van der Waals surface area contributed by atoms with Gasteiger partial charge in [-0.05, 0) is 47.5 Å². The third kappa shape index (κ3) is 3.27. The predicted molar refractivity (Wildman–Crippen MR) is 79.2 cm³/mol.